The summed E-state index contributed by atoms with van der Waals surface area (Å²) in [6, 6.07) is 10.6. The van der Waals surface area contributed by atoms with Gasteiger partial charge < -0.3 is 20.9 Å². The van der Waals surface area contributed by atoms with Crippen LogP contribution in [0, 0.1) is 0 Å². The summed E-state index contributed by atoms with van der Waals surface area (Å²) in [5.41, 5.74) is 11.0. The SMILES string of the molecule is CN1CCN(c2ccc(CN=C(N)Nc3ccc4c(c3)CCC4)cn2)CC1.I. The molecule has 28 heavy (non-hydrogen) atoms. The number of nitrogens with one attached hydrogen (secondary N) is 1. The first-order chi connectivity index (χ1) is 13.2. The van der Waals surface area contributed by atoms with Crippen LogP contribution >= 0.6 is 24.0 Å². The van der Waals surface area contributed by atoms with E-state index in [9.17, 15) is 0 Å². The molecule has 0 atom stereocenters. The Morgan fingerprint density at radius 3 is 2.64 bits per heavy atom. The topological polar surface area (TPSA) is 69.8 Å². The van der Waals surface area contributed by atoms with Gasteiger partial charge in [0.05, 0.1) is 6.54 Å². The Kier molecular flexibility index (Phi) is 7.12. The van der Waals surface area contributed by atoms with Crippen LogP contribution < -0.4 is 16.0 Å². The molecular formula is C21H29IN6. The number of piperazine rings is 1. The lowest BCUT2D eigenvalue weighted by atomic mass is 10.1. The molecule has 1 fully saturated rings. The second-order valence-corrected chi connectivity index (χ2v) is 7.48. The number of guanidine groups is 1. The summed E-state index contributed by atoms with van der Waals surface area (Å²) in [6.07, 6.45) is 5.50. The summed E-state index contributed by atoms with van der Waals surface area (Å²) in [5, 5.41) is 3.20. The van der Waals surface area contributed by atoms with Crippen LogP contribution in [-0.4, -0.2) is 49.1 Å². The minimum atomic E-state index is 0. The number of pyridine rings is 1. The highest BCUT2D eigenvalue weighted by atomic mass is 127. The van der Waals surface area contributed by atoms with Crippen molar-refractivity contribution in [1.29, 1.82) is 0 Å². The molecule has 1 aliphatic heterocycles. The van der Waals surface area contributed by atoms with Gasteiger partial charge in [0.15, 0.2) is 5.96 Å². The van der Waals surface area contributed by atoms with Crippen LogP contribution in [-0.2, 0) is 19.4 Å². The quantitative estimate of drug-likeness (QED) is 0.391. The number of fused-ring (bicyclic) bond motifs is 1. The summed E-state index contributed by atoms with van der Waals surface area (Å²) in [6.45, 7) is 4.74. The van der Waals surface area contributed by atoms with Crippen molar-refractivity contribution in [1.82, 2.24) is 9.88 Å². The largest absolute Gasteiger partial charge is 0.370 e. The zero-order valence-electron chi connectivity index (χ0n) is 16.4. The lowest BCUT2D eigenvalue weighted by Crippen LogP contribution is -2.44. The maximum atomic E-state index is 6.06. The molecule has 150 valence electrons. The van der Waals surface area contributed by atoms with Gasteiger partial charge in [0.2, 0.25) is 0 Å². The Morgan fingerprint density at radius 2 is 1.89 bits per heavy atom. The minimum absolute atomic E-state index is 0. The molecule has 6 nitrogen and oxygen atoms in total. The van der Waals surface area contributed by atoms with E-state index >= 15 is 0 Å². The molecule has 0 spiro atoms. The molecule has 1 aromatic carbocycles. The predicted molar refractivity (Wildman–Crippen MR) is 127 cm³/mol. The highest BCUT2D eigenvalue weighted by molar-refractivity contribution is 14.0. The summed E-state index contributed by atoms with van der Waals surface area (Å²) < 4.78 is 0. The number of aliphatic imine (C=N–C) groups is 1. The van der Waals surface area contributed by atoms with Crippen LogP contribution in [0.15, 0.2) is 41.5 Å². The number of likely N-dealkylation sites (N-methyl/N-ethyl adjacent to an activating group) is 1. The monoisotopic (exact) mass is 492 g/mol. The maximum absolute atomic E-state index is 6.06. The van der Waals surface area contributed by atoms with E-state index < -0.39 is 0 Å². The molecule has 0 amide bonds. The minimum Gasteiger partial charge on any atom is -0.370 e. The highest BCUT2D eigenvalue weighted by Gasteiger charge is 2.15. The van der Waals surface area contributed by atoms with E-state index in [1.165, 1.54) is 24.0 Å². The predicted octanol–water partition coefficient (Wildman–Crippen LogP) is 2.87. The molecule has 7 heteroatoms. The van der Waals surface area contributed by atoms with Crippen LogP contribution in [0.2, 0.25) is 0 Å². The highest BCUT2D eigenvalue weighted by Crippen LogP contribution is 2.24. The molecule has 0 saturated carbocycles. The molecule has 3 N–H and O–H groups in total. The van der Waals surface area contributed by atoms with Crippen molar-refractivity contribution in [2.75, 3.05) is 43.4 Å². The number of nitrogens with two attached hydrogens (primary N) is 1. The van der Waals surface area contributed by atoms with Crippen molar-refractivity contribution in [2.45, 2.75) is 25.8 Å². The van der Waals surface area contributed by atoms with Crippen molar-refractivity contribution in [3.63, 3.8) is 0 Å². The number of aryl methyl sites for hydroxylation is 2. The van der Waals surface area contributed by atoms with Gasteiger partial charge in [-0.3, -0.25) is 0 Å². The second-order valence-electron chi connectivity index (χ2n) is 7.48. The number of hydrogen-bond donors (Lipinski definition) is 2. The van der Waals surface area contributed by atoms with E-state index in [1.807, 2.05) is 6.20 Å². The molecule has 2 aliphatic rings. The Balaban J connectivity index is 0.00000225. The van der Waals surface area contributed by atoms with E-state index in [0.717, 1.165) is 49.7 Å². The van der Waals surface area contributed by atoms with Crippen molar-refractivity contribution in [2.24, 2.45) is 10.7 Å². The van der Waals surface area contributed by atoms with Crippen molar-refractivity contribution < 1.29 is 0 Å². The van der Waals surface area contributed by atoms with Crippen LogP contribution in [0.1, 0.15) is 23.1 Å². The Hall–Kier alpha value is -1.87. The maximum Gasteiger partial charge on any atom is 0.193 e. The van der Waals surface area contributed by atoms with Crippen LogP contribution in [0.25, 0.3) is 0 Å². The molecule has 2 heterocycles. The van der Waals surface area contributed by atoms with Gasteiger partial charge in [-0.15, -0.1) is 24.0 Å². The lowest BCUT2D eigenvalue weighted by molar-refractivity contribution is 0.312. The van der Waals surface area contributed by atoms with E-state index in [1.54, 1.807) is 0 Å². The van der Waals surface area contributed by atoms with Crippen LogP contribution in [0.4, 0.5) is 11.5 Å². The number of anilines is 2. The fourth-order valence-electron chi connectivity index (χ4n) is 3.75. The number of aromatic nitrogens is 1. The third kappa shape index (κ3) is 5.14. The van der Waals surface area contributed by atoms with Crippen molar-refractivity contribution in [3.8, 4) is 0 Å². The molecule has 0 bridgehead atoms. The third-order valence-corrected chi connectivity index (χ3v) is 5.44. The first-order valence-corrected chi connectivity index (χ1v) is 9.74. The molecule has 1 saturated heterocycles. The number of rotatable bonds is 4. The Labute approximate surface area is 184 Å². The van der Waals surface area contributed by atoms with Gasteiger partial charge in [-0.1, -0.05) is 12.1 Å². The van der Waals surface area contributed by atoms with E-state index in [0.29, 0.717) is 12.5 Å². The normalized spacial score (nSPS) is 17.2. The summed E-state index contributed by atoms with van der Waals surface area (Å²) in [5.74, 6) is 1.48. The van der Waals surface area contributed by atoms with Gasteiger partial charge in [-0.05, 0) is 61.2 Å². The fourth-order valence-corrected chi connectivity index (χ4v) is 3.75. The smallest absolute Gasteiger partial charge is 0.193 e. The standard InChI is InChI=1S/C21H28N6.HI/c1-26-9-11-27(12-10-26)20-8-5-16(14-23-20)15-24-21(22)25-19-7-6-17-3-2-4-18(17)13-19;/h5-8,13-14H,2-4,9-12,15H2,1H3,(H3,22,24,25);1H. The van der Waals surface area contributed by atoms with Gasteiger partial charge in [0.1, 0.15) is 5.82 Å². The third-order valence-electron chi connectivity index (χ3n) is 5.44. The summed E-state index contributed by atoms with van der Waals surface area (Å²) in [4.78, 5) is 13.7. The van der Waals surface area contributed by atoms with E-state index in [4.69, 9.17) is 5.73 Å². The summed E-state index contributed by atoms with van der Waals surface area (Å²) in [7, 11) is 2.16. The number of hydrogen-bond acceptors (Lipinski definition) is 4. The van der Waals surface area contributed by atoms with Gasteiger partial charge in [-0.25, -0.2) is 9.98 Å². The van der Waals surface area contributed by atoms with E-state index in [-0.39, 0.29) is 24.0 Å². The van der Waals surface area contributed by atoms with Gasteiger partial charge >= 0.3 is 0 Å². The van der Waals surface area contributed by atoms with Gasteiger partial charge in [0.25, 0.3) is 0 Å². The molecular weight excluding hydrogens is 463 g/mol. The average molecular weight is 492 g/mol. The van der Waals surface area contributed by atoms with Crippen LogP contribution in [0.5, 0.6) is 0 Å². The lowest BCUT2D eigenvalue weighted by Gasteiger charge is -2.33. The second kappa shape index (κ2) is 9.56. The molecule has 2 aromatic rings. The molecule has 0 unspecified atom stereocenters. The molecule has 4 rings (SSSR count). The Morgan fingerprint density at radius 1 is 1.11 bits per heavy atom. The number of benzene rings is 1. The van der Waals surface area contributed by atoms with Crippen molar-refractivity contribution in [3.05, 3.63) is 53.2 Å². The first-order valence-electron chi connectivity index (χ1n) is 9.74. The molecule has 1 aliphatic carbocycles. The number of nitrogens with zero attached hydrogens (tertiary/aromatic N) is 4. The number of halogens is 1. The zero-order valence-corrected chi connectivity index (χ0v) is 18.7. The first kappa shape index (κ1) is 20.9. The fraction of sp³-hybridized carbons (Fsp3) is 0.429. The van der Waals surface area contributed by atoms with E-state index in [2.05, 4.69) is 62.5 Å². The zero-order chi connectivity index (χ0) is 18.6. The average Bonchev–Trinajstić information content (AvgIpc) is 3.15. The van der Waals surface area contributed by atoms with Crippen molar-refractivity contribution >= 4 is 41.4 Å². The molecule has 0 radical (unpaired) electrons. The van der Waals surface area contributed by atoms with Gasteiger partial charge in [0, 0.05) is 38.1 Å². The summed E-state index contributed by atoms with van der Waals surface area (Å²) >= 11 is 0. The molecule has 1 aromatic heterocycles. The Bertz CT molecular complexity index is 812. The van der Waals surface area contributed by atoms with Gasteiger partial charge in [-0.2, -0.15) is 0 Å². The van der Waals surface area contributed by atoms with Crippen LogP contribution in [0.3, 0.4) is 0 Å².